The summed E-state index contributed by atoms with van der Waals surface area (Å²) in [6, 6.07) is 0. The van der Waals surface area contributed by atoms with Gasteiger partial charge in [0.1, 0.15) is 0 Å². The predicted octanol–water partition coefficient (Wildman–Crippen LogP) is 6.24. The highest BCUT2D eigenvalue weighted by molar-refractivity contribution is 4.93. The van der Waals surface area contributed by atoms with Gasteiger partial charge in [0.05, 0.1) is 0 Å². The van der Waals surface area contributed by atoms with E-state index >= 15 is 0 Å². The van der Waals surface area contributed by atoms with E-state index in [9.17, 15) is 0 Å². The van der Waals surface area contributed by atoms with E-state index in [4.69, 9.17) is 0 Å². The van der Waals surface area contributed by atoms with E-state index in [1.165, 1.54) is 12.0 Å². The van der Waals surface area contributed by atoms with Gasteiger partial charge >= 0.3 is 0 Å². The molecule has 0 saturated carbocycles. The van der Waals surface area contributed by atoms with Crippen molar-refractivity contribution in [2.24, 2.45) is 5.92 Å². The van der Waals surface area contributed by atoms with Gasteiger partial charge in [0, 0.05) is 0 Å². The molecule has 0 unspecified atom stereocenters. The third-order valence-corrected chi connectivity index (χ3v) is 1.52. The van der Waals surface area contributed by atoms with Crippen LogP contribution in [0.15, 0.2) is 24.3 Å². The third-order valence-electron chi connectivity index (χ3n) is 1.52. The lowest BCUT2D eigenvalue weighted by Crippen LogP contribution is -1.71. The summed E-state index contributed by atoms with van der Waals surface area (Å²) in [6.45, 7) is 22.1. The van der Waals surface area contributed by atoms with Gasteiger partial charge in [-0.3, -0.25) is 0 Å². The van der Waals surface area contributed by atoms with Crippen molar-refractivity contribution in [2.75, 3.05) is 0 Å². The molecule has 94 valence electrons. The van der Waals surface area contributed by atoms with E-state index in [2.05, 4.69) is 47.3 Å². The second kappa shape index (κ2) is 29.2. The Hall–Kier alpha value is -0.520. The van der Waals surface area contributed by atoms with Crippen LogP contribution < -0.4 is 0 Å². The summed E-state index contributed by atoms with van der Waals surface area (Å²) in [5.74, 6) is 0.648. The number of hydrogen-bond donors (Lipinski definition) is 0. The first-order chi connectivity index (χ1) is 7.08. The van der Waals surface area contributed by atoms with Crippen molar-refractivity contribution in [3.05, 3.63) is 24.3 Å². The molecular formula is C15H34. The SMILES string of the molecule is C/C=C(\C)CC.C=CC(C)C.CC.CC. The fourth-order valence-corrected chi connectivity index (χ4v) is 0.204. The van der Waals surface area contributed by atoms with Crippen LogP contribution in [0, 0.1) is 5.92 Å². The molecule has 0 aliphatic carbocycles. The predicted molar refractivity (Wildman–Crippen MR) is 77.5 cm³/mol. The average molecular weight is 214 g/mol. The lowest BCUT2D eigenvalue weighted by Gasteiger charge is -1.85. The van der Waals surface area contributed by atoms with E-state index in [-0.39, 0.29) is 0 Å². The fourth-order valence-electron chi connectivity index (χ4n) is 0.204. The summed E-state index contributed by atoms with van der Waals surface area (Å²) in [5, 5.41) is 0. The maximum Gasteiger partial charge on any atom is -0.0293 e. The van der Waals surface area contributed by atoms with Crippen LogP contribution in [-0.4, -0.2) is 0 Å². The molecule has 0 radical (unpaired) electrons. The van der Waals surface area contributed by atoms with Crippen molar-refractivity contribution in [1.82, 2.24) is 0 Å². The van der Waals surface area contributed by atoms with Crippen molar-refractivity contribution in [3.63, 3.8) is 0 Å². The Bertz CT molecular complexity index is 107. The van der Waals surface area contributed by atoms with Crippen LogP contribution in [0.25, 0.3) is 0 Å². The van der Waals surface area contributed by atoms with E-state index in [0.717, 1.165) is 0 Å². The summed E-state index contributed by atoms with van der Waals surface area (Å²) in [4.78, 5) is 0. The van der Waals surface area contributed by atoms with Gasteiger partial charge in [-0.05, 0) is 26.2 Å². The summed E-state index contributed by atoms with van der Waals surface area (Å²) in [6.07, 6.45) is 5.25. The Labute approximate surface area is 99.5 Å². The average Bonchev–Trinajstić information content (AvgIpc) is 2.33. The fraction of sp³-hybridized carbons (Fsp3) is 0.733. The molecule has 0 N–H and O–H groups in total. The van der Waals surface area contributed by atoms with Gasteiger partial charge in [-0.2, -0.15) is 0 Å². The topological polar surface area (TPSA) is 0 Å². The monoisotopic (exact) mass is 214 g/mol. The van der Waals surface area contributed by atoms with Crippen molar-refractivity contribution in [3.8, 4) is 0 Å². The Balaban J connectivity index is -0.0000000610. The van der Waals surface area contributed by atoms with Crippen molar-refractivity contribution in [2.45, 2.75) is 68.7 Å². The summed E-state index contributed by atoms with van der Waals surface area (Å²) < 4.78 is 0. The van der Waals surface area contributed by atoms with Crippen LogP contribution in [0.1, 0.15) is 68.7 Å². The Kier molecular flexibility index (Phi) is 46.6. The normalized spacial score (nSPS) is 8.53. The molecule has 0 bridgehead atoms. The largest absolute Gasteiger partial charge is 0.103 e. The Morgan fingerprint density at radius 2 is 1.40 bits per heavy atom. The molecule has 0 aliphatic rings. The number of hydrogen-bond acceptors (Lipinski definition) is 0. The minimum atomic E-state index is 0.648. The molecule has 0 aromatic carbocycles. The van der Waals surface area contributed by atoms with Gasteiger partial charge in [0.25, 0.3) is 0 Å². The highest BCUT2D eigenvalue weighted by Gasteiger charge is 1.74. The molecule has 0 spiro atoms. The van der Waals surface area contributed by atoms with E-state index in [1.807, 2.05) is 33.8 Å². The highest BCUT2D eigenvalue weighted by atomic mass is 13.8. The second-order valence-electron chi connectivity index (χ2n) is 2.97. The number of allylic oxidation sites excluding steroid dienone is 3. The second-order valence-corrected chi connectivity index (χ2v) is 2.97. The highest BCUT2D eigenvalue weighted by Crippen LogP contribution is 1.94. The number of rotatable bonds is 2. The van der Waals surface area contributed by atoms with Gasteiger partial charge < -0.3 is 0 Å². The van der Waals surface area contributed by atoms with Gasteiger partial charge in [-0.1, -0.05) is 66.2 Å². The van der Waals surface area contributed by atoms with E-state index in [0.29, 0.717) is 5.92 Å². The van der Waals surface area contributed by atoms with Gasteiger partial charge in [-0.15, -0.1) is 6.58 Å². The molecule has 0 rings (SSSR count). The molecule has 15 heavy (non-hydrogen) atoms. The molecule has 0 atom stereocenters. The Morgan fingerprint density at radius 1 is 1.13 bits per heavy atom. The summed E-state index contributed by atoms with van der Waals surface area (Å²) >= 11 is 0. The van der Waals surface area contributed by atoms with E-state index < -0.39 is 0 Å². The van der Waals surface area contributed by atoms with E-state index in [1.54, 1.807) is 0 Å². The smallest absolute Gasteiger partial charge is 0.0293 e. The quantitative estimate of drug-likeness (QED) is 0.477. The molecule has 0 aromatic rings. The lowest BCUT2D eigenvalue weighted by molar-refractivity contribution is 0.835. The molecule has 0 saturated heterocycles. The van der Waals surface area contributed by atoms with Gasteiger partial charge in [0.2, 0.25) is 0 Å². The zero-order valence-corrected chi connectivity index (χ0v) is 12.6. The maximum absolute atomic E-state index is 3.56. The minimum Gasteiger partial charge on any atom is -0.103 e. The molecule has 0 amide bonds. The van der Waals surface area contributed by atoms with Crippen molar-refractivity contribution >= 4 is 0 Å². The van der Waals surface area contributed by atoms with Crippen LogP contribution in [0.5, 0.6) is 0 Å². The Morgan fingerprint density at radius 3 is 1.40 bits per heavy atom. The molecule has 0 aromatic heterocycles. The summed E-state index contributed by atoms with van der Waals surface area (Å²) in [5.41, 5.74) is 1.47. The molecule has 0 fully saturated rings. The van der Waals surface area contributed by atoms with Crippen molar-refractivity contribution in [1.29, 1.82) is 0 Å². The van der Waals surface area contributed by atoms with Crippen LogP contribution >= 0.6 is 0 Å². The zero-order valence-electron chi connectivity index (χ0n) is 12.6. The summed E-state index contributed by atoms with van der Waals surface area (Å²) in [7, 11) is 0. The molecule has 0 aliphatic heterocycles. The van der Waals surface area contributed by atoms with Gasteiger partial charge in [0.15, 0.2) is 0 Å². The van der Waals surface area contributed by atoms with Crippen LogP contribution in [0.2, 0.25) is 0 Å². The first kappa shape index (κ1) is 24.0. The van der Waals surface area contributed by atoms with Crippen LogP contribution in [-0.2, 0) is 0 Å². The maximum atomic E-state index is 3.56. The first-order valence-electron chi connectivity index (χ1n) is 6.32. The van der Waals surface area contributed by atoms with Gasteiger partial charge in [-0.25, -0.2) is 0 Å². The molecular weight excluding hydrogens is 180 g/mol. The third kappa shape index (κ3) is 59.2. The zero-order chi connectivity index (χ0) is 13.3. The molecule has 0 heterocycles. The standard InChI is InChI=1S/C6H12.C5H10.2C2H6/c1-4-6(3)5-2;1-4-5(2)3;2*1-2/h4H,5H2,1-3H3;4-5H,1H2,2-3H3;2*1-2H3/b6-4+;;;. The minimum absolute atomic E-state index is 0.648. The lowest BCUT2D eigenvalue weighted by atomic mass is 10.2. The molecule has 0 heteroatoms. The van der Waals surface area contributed by atoms with Crippen LogP contribution in [0.3, 0.4) is 0 Å². The first-order valence-corrected chi connectivity index (χ1v) is 6.32. The van der Waals surface area contributed by atoms with Crippen LogP contribution in [0.4, 0.5) is 0 Å². The van der Waals surface area contributed by atoms with Crippen molar-refractivity contribution < 1.29 is 0 Å². The molecule has 0 nitrogen and oxygen atoms in total.